The van der Waals surface area contributed by atoms with Gasteiger partial charge >= 0.3 is 0 Å². The highest BCUT2D eigenvalue weighted by Gasteiger charge is 2.21. The lowest BCUT2D eigenvalue weighted by Crippen LogP contribution is -2.27. The van der Waals surface area contributed by atoms with E-state index in [2.05, 4.69) is 23.1 Å². The van der Waals surface area contributed by atoms with Gasteiger partial charge in [-0.2, -0.15) is 0 Å². The topological polar surface area (TPSA) is 53.1 Å². The Morgan fingerprint density at radius 3 is 2.75 bits per heavy atom. The van der Waals surface area contributed by atoms with Crippen molar-refractivity contribution in [3.8, 4) is 0 Å². The number of benzene rings is 2. The molecule has 3 rings (SSSR count). The van der Waals surface area contributed by atoms with E-state index in [1.165, 1.54) is 11.3 Å². The van der Waals surface area contributed by atoms with Gasteiger partial charge in [0.25, 0.3) is 0 Å². The summed E-state index contributed by atoms with van der Waals surface area (Å²) in [5.41, 5.74) is 9.86. The van der Waals surface area contributed by atoms with Gasteiger partial charge in [0.05, 0.1) is 5.69 Å². The van der Waals surface area contributed by atoms with Crippen LogP contribution in [-0.2, 0) is 6.42 Å². The maximum Gasteiger partial charge on any atom is 0.124 e. The van der Waals surface area contributed by atoms with E-state index in [1.54, 1.807) is 6.07 Å². The lowest BCUT2D eigenvalue weighted by atomic mass is 10.00. The first-order valence-corrected chi connectivity index (χ1v) is 7.04. The van der Waals surface area contributed by atoms with Gasteiger partial charge in [0.1, 0.15) is 5.84 Å². The van der Waals surface area contributed by atoms with Gasteiger partial charge in [0.15, 0.2) is 0 Å². The number of nitrogens with zero attached hydrogens (tertiary/aromatic N) is 1. The average Bonchev–Trinajstić information content (AvgIpc) is 2.46. The van der Waals surface area contributed by atoms with E-state index in [9.17, 15) is 0 Å². The van der Waals surface area contributed by atoms with Crippen LogP contribution in [0.2, 0.25) is 5.02 Å². The van der Waals surface area contributed by atoms with Crippen molar-refractivity contribution >= 4 is 28.8 Å². The zero-order chi connectivity index (χ0) is 14.1. The van der Waals surface area contributed by atoms with Gasteiger partial charge in [-0.1, -0.05) is 29.8 Å². The van der Waals surface area contributed by atoms with Crippen LogP contribution in [0, 0.1) is 5.41 Å². The van der Waals surface area contributed by atoms with Crippen LogP contribution in [-0.4, -0.2) is 12.4 Å². The summed E-state index contributed by atoms with van der Waals surface area (Å²) in [6.45, 7) is 0.914. The summed E-state index contributed by atoms with van der Waals surface area (Å²) >= 11 is 6.13. The molecule has 0 fully saturated rings. The van der Waals surface area contributed by atoms with E-state index < -0.39 is 0 Å². The molecule has 0 spiro atoms. The number of nitrogens with two attached hydrogens (primary N) is 1. The Morgan fingerprint density at radius 2 is 1.95 bits per heavy atom. The number of nitrogens with one attached hydrogen (secondary N) is 1. The molecule has 3 nitrogen and oxygen atoms in total. The molecule has 20 heavy (non-hydrogen) atoms. The van der Waals surface area contributed by atoms with Crippen molar-refractivity contribution in [1.82, 2.24) is 0 Å². The molecule has 0 aromatic heterocycles. The van der Waals surface area contributed by atoms with Crippen molar-refractivity contribution in [2.75, 3.05) is 11.4 Å². The van der Waals surface area contributed by atoms with Gasteiger partial charge in [-0.3, -0.25) is 5.41 Å². The molecule has 2 aromatic rings. The Labute approximate surface area is 123 Å². The molecule has 0 unspecified atom stereocenters. The zero-order valence-corrected chi connectivity index (χ0v) is 11.8. The average molecular weight is 286 g/mol. The smallest absolute Gasteiger partial charge is 0.124 e. The largest absolute Gasteiger partial charge is 0.384 e. The third-order valence-corrected chi connectivity index (χ3v) is 3.89. The molecule has 2 aromatic carbocycles. The number of amidine groups is 1. The van der Waals surface area contributed by atoms with E-state index in [0.29, 0.717) is 5.02 Å². The van der Waals surface area contributed by atoms with Crippen molar-refractivity contribution in [1.29, 1.82) is 5.41 Å². The molecule has 0 atom stereocenters. The summed E-state index contributed by atoms with van der Waals surface area (Å²) in [6.07, 6.45) is 2.17. The number of hydrogen-bond acceptors (Lipinski definition) is 2. The minimum atomic E-state index is 0.0692. The van der Waals surface area contributed by atoms with E-state index >= 15 is 0 Å². The van der Waals surface area contributed by atoms with Crippen molar-refractivity contribution in [3.63, 3.8) is 0 Å². The monoisotopic (exact) mass is 285 g/mol. The predicted octanol–water partition coefficient (Wildman–Crippen LogP) is 3.71. The molecular formula is C16H16ClN3. The fraction of sp³-hybridized carbons (Fsp3) is 0.188. The van der Waals surface area contributed by atoms with Crippen molar-refractivity contribution < 1.29 is 0 Å². The first kappa shape index (κ1) is 13.0. The highest BCUT2D eigenvalue weighted by Crippen LogP contribution is 2.36. The lowest BCUT2D eigenvalue weighted by Gasteiger charge is -2.32. The molecular weight excluding hydrogens is 270 g/mol. The Balaban J connectivity index is 2.15. The molecule has 0 radical (unpaired) electrons. The van der Waals surface area contributed by atoms with Gasteiger partial charge in [-0.05, 0) is 42.7 Å². The fourth-order valence-corrected chi connectivity index (χ4v) is 2.91. The number of aryl methyl sites for hydroxylation is 1. The van der Waals surface area contributed by atoms with Crippen LogP contribution >= 0.6 is 11.6 Å². The summed E-state index contributed by atoms with van der Waals surface area (Å²) in [5.74, 6) is 0.0692. The number of halogens is 1. The molecule has 0 saturated heterocycles. The summed E-state index contributed by atoms with van der Waals surface area (Å²) in [4.78, 5) is 2.21. The van der Waals surface area contributed by atoms with Crippen LogP contribution in [0.1, 0.15) is 17.5 Å². The van der Waals surface area contributed by atoms with Crippen LogP contribution in [0.25, 0.3) is 0 Å². The summed E-state index contributed by atoms with van der Waals surface area (Å²) in [6, 6.07) is 13.8. The van der Waals surface area contributed by atoms with Gasteiger partial charge in [0, 0.05) is 22.8 Å². The van der Waals surface area contributed by atoms with Crippen molar-refractivity contribution in [3.05, 3.63) is 58.6 Å². The molecule has 1 aliphatic rings. The van der Waals surface area contributed by atoms with Gasteiger partial charge in [-0.25, -0.2) is 0 Å². The molecule has 0 saturated carbocycles. The van der Waals surface area contributed by atoms with Gasteiger partial charge < -0.3 is 10.6 Å². The number of anilines is 2. The number of para-hydroxylation sites is 1. The Morgan fingerprint density at radius 1 is 1.15 bits per heavy atom. The zero-order valence-electron chi connectivity index (χ0n) is 11.1. The fourth-order valence-electron chi connectivity index (χ4n) is 2.74. The quantitative estimate of drug-likeness (QED) is 0.653. The number of rotatable bonds is 2. The molecule has 1 heterocycles. The second kappa shape index (κ2) is 5.17. The van der Waals surface area contributed by atoms with Gasteiger partial charge in [0.2, 0.25) is 0 Å². The SMILES string of the molecule is N=C(N)c1ccc(Cl)cc1N1CCCc2ccccc21. The first-order valence-electron chi connectivity index (χ1n) is 6.66. The van der Waals surface area contributed by atoms with E-state index in [0.717, 1.165) is 30.6 Å². The van der Waals surface area contributed by atoms with E-state index in [4.69, 9.17) is 22.7 Å². The molecule has 1 aliphatic heterocycles. The third-order valence-electron chi connectivity index (χ3n) is 3.65. The lowest BCUT2D eigenvalue weighted by molar-refractivity contribution is 0.766. The number of fused-ring (bicyclic) bond motifs is 1. The van der Waals surface area contributed by atoms with Crippen molar-refractivity contribution in [2.45, 2.75) is 12.8 Å². The highest BCUT2D eigenvalue weighted by molar-refractivity contribution is 6.31. The molecule has 0 bridgehead atoms. The second-order valence-electron chi connectivity index (χ2n) is 4.96. The summed E-state index contributed by atoms with van der Waals surface area (Å²) in [7, 11) is 0. The molecule has 4 heteroatoms. The third kappa shape index (κ3) is 2.25. The van der Waals surface area contributed by atoms with Crippen LogP contribution < -0.4 is 10.6 Å². The number of hydrogen-bond donors (Lipinski definition) is 2. The molecule has 0 amide bonds. The maximum atomic E-state index is 7.76. The minimum absolute atomic E-state index is 0.0692. The first-order chi connectivity index (χ1) is 9.66. The van der Waals surface area contributed by atoms with Crippen LogP contribution in [0.4, 0.5) is 11.4 Å². The Bertz CT molecular complexity index is 667. The molecule has 102 valence electrons. The normalized spacial score (nSPS) is 13.9. The minimum Gasteiger partial charge on any atom is -0.384 e. The Kier molecular flexibility index (Phi) is 3.36. The predicted molar refractivity (Wildman–Crippen MR) is 84.2 cm³/mol. The van der Waals surface area contributed by atoms with Gasteiger partial charge in [-0.15, -0.1) is 0 Å². The van der Waals surface area contributed by atoms with E-state index in [-0.39, 0.29) is 5.84 Å². The molecule has 0 aliphatic carbocycles. The molecule has 3 N–H and O–H groups in total. The Hall–Kier alpha value is -2.00. The van der Waals surface area contributed by atoms with Crippen LogP contribution in [0.15, 0.2) is 42.5 Å². The van der Waals surface area contributed by atoms with E-state index in [1.807, 2.05) is 18.2 Å². The van der Waals surface area contributed by atoms with Crippen molar-refractivity contribution in [2.24, 2.45) is 5.73 Å². The maximum absolute atomic E-state index is 7.76. The number of nitrogen functional groups attached to an aromatic ring is 1. The summed E-state index contributed by atoms with van der Waals surface area (Å²) < 4.78 is 0. The van der Waals surface area contributed by atoms with Crippen LogP contribution in [0.3, 0.4) is 0 Å². The second-order valence-corrected chi connectivity index (χ2v) is 5.40. The highest BCUT2D eigenvalue weighted by atomic mass is 35.5. The standard InChI is InChI=1S/C16H16ClN3/c17-12-7-8-13(16(18)19)15(10-12)20-9-3-5-11-4-1-2-6-14(11)20/h1-2,4,6-8,10H,3,5,9H2,(H3,18,19). The summed E-state index contributed by atoms with van der Waals surface area (Å²) in [5, 5.41) is 8.42. The van der Waals surface area contributed by atoms with Crippen LogP contribution in [0.5, 0.6) is 0 Å².